The summed E-state index contributed by atoms with van der Waals surface area (Å²) in [5.74, 6) is -0.609. The summed E-state index contributed by atoms with van der Waals surface area (Å²) >= 11 is 3.44. The zero-order valence-corrected chi connectivity index (χ0v) is 12.3. The van der Waals surface area contributed by atoms with Crippen LogP contribution in [0.15, 0.2) is 0 Å². The summed E-state index contributed by atoms with van der Waals surface area (Å²) < 4.78 is 46.8. The average Bonchev–Trinajstić information content (AvgIpc) is 2.15. The Labute approximate surface area is 105 Å². The molecular formula is C8H16BrNO4S2. The third-order valence-electron chi connectivity index (χ3n) is 2.49. The number of rotatable bonds is 4. The predicted molar refractivity (Wildman–Crippen MR) is 67.0 cm³/mol. The maximum absolute atomic E-state index is 11.8. The van der Waals surface area contributed by atoms with Crippen molar-refractivity contribution in [3.8, 4) is 0 Å². The lowest BCUT2D eigenvalue weighted by Crippen LogP contribution is -2.41. The van der Waals surface area contributed by atoms with Crippen LogP contribution < -0.4 is 0 Å². The van der Waals surface area contributed by atoms with Crippen LogP contribution in [0.1, 0.15) is 12.8 Å². The van der Waals surface area contributed by atoms with Gasteiger partial charge in [0.1, 0.15) is 9.84 Å². The van der Waals surface area contributed by atoms with E-state index in [9.17, 15) is 16.8 Å². The van der Waals surface area contributed by atoms with Crippen LogP contribution in [0.5, 0.6) is 0 Å². The van der Waals surface area contributed by atoms with Crippen LogP contribution >= 0.6 is 15.9 Å². The third kappa shape index (κ3) is 4.68. The maximum Gasteiger partial charge on any atom is 0.215 e. The SMILES string of the molecule is CS(=O)(=O)CCS(=O)(=O)N1CCC(Br)CC1. The molecule has 8 heteroatoms. The lowest BCUT2D eigenvalue weighted by Gasteiger charge is -2.28. The van der Waals surface area contributed by atoms with Crippen molar-refractivity contribution in [3.05, 3.63) is 0 Å². The van der Waals surface area contributed by atoms with Gasteiger partial charge in [-0.15, -0.1) is 0 Å². The van der Waals surface area contributed by atoms with Crippen molar-refractivity contribution < 1.29 is 16.8 Å². The van der Waals surface area contributed by atoms with Gasteiger partial charge in [0.05, 0.1) is 11.5 Å². The molecule has 0 radical (unpaired) electrons. The van der Waals surface area contributed by atoms with E-state index in [1.165, 1.54) is 4.31 Å². The molecule has 1 saturated heterocycles. The van der Waals surface area contributed by atoms with Crippen molar-refractivity contribution in [2.24, 2.45) is 0 Å². The molecule has 0 aromatic rings. The van der Waals surface area contributed by atoms with E-state index < -0.39 is 19.9 Å². The van der Waals surface area contributed by atoms with E-state index in [1.807, 2.05) is 0 Å². The van der Waals surface area contributed by atoms with E-state index >= 15 is 0 Å². The average molecular weight is 334 g/mol. The van der Waals surface area contributed by atoms with E-state index in [-0.39, 0.29) is 11.5 Å². The highest BCUT2D eigenvalue weighted by atomic mass is 79.9. The number of sulfone groups is 1. The topological polar surface area (TPSA) is 71.5 Å². The molecule has 0 unspecified atom stereocenters. The predicted octanol–water partition coefficient (Wildman–Crippen LogP) is 0.220. The highest BCUT2D eigenvalue weighted by molar-refractivity contribution is 9.09. The Morgan fingerprint density at radius 2 is 1.62 bits per heavy atom. The maximum atomic E-state index is 11.8. The molecule has 0 aromatic carbocycles. The molecule has 0 amide bonds. The molecule has 0 spiro atoms. The number of nitrogens with zero attached hydrogens (tertiary/aromatic N) is 1. The van der Waals surface area contributed by atoms with Gasteiger partial charge in [0, 0.05) is 24.2 Å². The Morgan fingerprint density at radius 1 is 1.12 bits per heavy atom. The smallest absolute Gasteiger partial charge is 0.215 e. The second kappa shape index (κ2) is 5.32. The fourth-order valence-electron chi connectivity index (χ4n) is 1.49. The first-order valence-electron chi connectivity index (χ1n) is 5.00. The van der Waals surface area contributed by atoms with Crippen LogP contribution in [0.4, 0.5) is 0 Å². The van der Waals surface area contributed by atoms with Gasteiger partial charge >= 0.3 is 0 Å². The second-order valence-corrected chi connectivity index (χ2v) is 9.66. The highest BCUT2D eigenvalue weighted by Crippen LogP contribution is 2.19. The summed E-state index contributed by atoms with van der Waals surface area (Å²) in [4.78, 5) is 0.369. The zero-order chi connectivity index (χ0) is 12.4. The van der Waals surface area contributed by atoms with Gasteiger partial charge < -0.3 is 0 Å². The molecule has 96 valence electrons. The summed E-state index contributed by atoms with van der Waals surface area (Å²) in [6, 6.07) is 0. The van der Waals surface area contributed by atoms with Crippen molar-refractivity contribution in [1.29, 1.82) is 0 Å². The second-order valence-electron chi connectivity index (χ2n) is 4.02. The van der Waals surface area contributed by atoms with Crippen LogP contribution in [0.2, 0.25) is 0 Å². The van der Waals surface area contributed by atoms with Crippen LogP contribution in [-0.2, 0) is 19.9 Å². The van der Waals surface area contributed by atoms with Gasteiger partial charge in [0.2, 0.25) is 10.0 Å². The number of piperidine rings is 1. The number of halogens is 1. The van der Waals surface area contributed by atoms with Crippen LogP contribution in [-0.4, -0.2) is 56.8 Å². The zero-order valence-electron chi connectivity index (χ0n) is 9.09. The van der Waals surface area contributed by atoms with Crippen molar-refractivity contribution in [1.82, 2.24) is 4.31 Å². The summed E-state index contributed by atoms with van der Waals surface area (Å²) in [5, 5.41) is 0. The van der Waals surface area contributed by atoms with Gasteiger partial charge in [-0.1, -0.05) is 15.9 Å². The summed E-state index contributed by atoms with van der Waals surface area (Å²) in [6.07, 6.45) is 2.60. The Hall–Kier alpha value is 0.340. The van der Waals surface area contributed by atoms with E-state index in [0.29, 0.717) is 17.9 Å². The molecule has 1 fully saturated rings. The largest absolute Gasteiger partial charge is 0.229 e. The Kier molecular flexibility index (Phi) is 4.79. The van der Waals surface area contributed by atoms with Gasteiger partial charge in [-0.2, -0.15) is 0 Å². The fraction of sp³-hybridized carbons (Fsp3) is 1.00. The minimum atomic E-state index is -3.41. The molecule has 1 aliphatic heterocycles. The number of sulfonamides is 1. The molecule has 0 aliphatic carbocycles. The highest BCUT2D eigenvalue weighted by Gasteiger charge is 2.27. The van der Waals surface area contributed by atoms with Crippen molar-refractivity contribution >= 4 is 35.8 Å². The summed E-state index contributed by atoms with van der Waals surface area (Å²) in [7, 11) is -6.63. The molecule has 0 atom stereocenters. The lowest BCUT2D eigenvalue weighted by molar-refractivity contribution is 0.355. The van der Waals surface area contributed by atoms with Crippen LogP contribution in [0.25, 0.3) is 0 Å². The molecule has 16 heavy (non-hydrogen) atoms. The number of hydrogen-bond donors (Lipinski definition) is 0. The van der Waals surface area contributed by atoms with E-state index in [1.54, 1.807) is 0 Å². The van der Waals surface area contributed by atoms with Crippen LogP contribution in [0, 0.1) is 0 Å². The van der Waals surface area contributed by atoms with E-state index in [2.05, 4.69) is 15.9 Å². The first-order chi connectivity index (χ1) is 7.21. The fourth-order valence-corrected chi connectivity index (χ4v) is 4.98. The van der Waals surface area contributed by atoms with Gasteiger partial charge in [-0.05, 0) is 12.8 Å². The normalized spacial score (nSPS) is 21.1. The standard InChI is InChI=1S/C8H16BrNO4S2/c1-15(11,12)6-7-16(13,14)10-4-2-8(9)3-5-10/h8H,2-7H2,1H3. The molecular weight excluding hydrogens is 318 g/mol. The Morgan fingerprint density at radius 3 is 2.06 bits per heavy atom. The van der Waals surface area contributed by atoms with Gasteiger partial charge in [-0.25, -0.2) is 21.1 Å². The molecule has 1 aliphatic rings. The van der Waals surface area contributed by atoms with Crippen molar-refractivity contribution in [2.45, 2.75) is 17.7 Å². The van der Waals surface area contributed by atoms with E-state index in [4.69, 9.17) is 0 Å². The monoisotopic (exact) mass is 333 g/mol. The molecule has 1 heterocycles. The van der Waals surface area contributed by atoms with Gasteiger partial charge in [0.15, 0.2) is 0 Å². The van der Waals surface area contributed by atoms with Crippen molar-refractivity contribution in [2.75, 3.05) is 30.9 Å². The molecule has 0 aromatic heterocycles. The Balaban J connectivity index is 2.58. The molecule has 0 N–H and O–H groups in total. The third-order valence-corrected chi connectivity index (χ3v) is 6.48. The molecule has 0 bridgehead atoms. The lowest BCUT2D eigenvalue weighted by atomic mass is 10.2. The summed E-state index contributed by atoms with van der Waals surface area (Å²) in [6.45, 7) is 0.948. The first-order valence-corrected chi connectivity index (χ1v) is 9.59. The minimum absolute atomic E-state index is 0.302. The van der Waals surface area contributed by atoms with Crippen LogP contribution in [0.3, 0.4) is 0 Å². The minimum Gasteiger partial charge on any atom is -0.229 e. The van der Waals surface area contributed by atoms with E-state index in [0.717, 1.165) is 19.1 Å². The quantitative estimate of drug-likeness (QED) is 0.690. The first kappa shape index (κ1) is 14.4. The van der Waals surface area contributed by atoms with Crippen molar-refractivity contribution in [3.63, 3.8) is 0 Å². The molecule has 1 rings (SSSR count). The molecule has 0 saturated carbocycles. The van der Waals surface area contributed by atoms with Gasteiger partial charge in [0.25, 0.3) is 0 Å². The van der Waals surface area contributed by atoms with Gasteiger partial charge in [-0.3, -0.25) is 0 Å². The Bertz CT molecular complexity index is 423. The number of alkyl halides is 1. The number of hydrogen-bond acceptors (Lipinski definition) is 4. The molecule has 5 nitrogen and oxygen atoms in total. The summed E-state index contributed by atoms with van der Waals surface area (Å²) in [5.41, 5.74) is 0.